The van der Waals surface area contributed by atoms with Crippen LogP contribution in [0.2, 0.25) is 0 Å². The average molecular weight is 631 g/mol. The highest BCUT2D eigenvalue weighted by atomic mass is 16.7. The fraction of sp³-hybridized carbons (Fsp3) is 0.314. The lowest BCUT2D eigenvalue weighted by Crippen LogP contribution is -2.36. The molecule has 2 aliphatic rings. The molecule has 4 atom stereocenters. The zero-order valence-electron chi connectivity index (χ0n) is 25.3. The third-order valence-corrected chi connectivity index (χ3v) is 7.38. The van der Waals surface area contributed by atoms with Gasteiger partial charge in [-0.05, 0) is 80.4 Å². The Kier molecular flexibility index (Phi) is 10.8. The van der Waals surface area contributed by atoms with Crippen molar-refractivity contribution < 1.29 is 52.3 Å². The van der Waals surface area contributed by atoms with Crippen LogP contribution in [0.4, 0.5) is 0 Å². The van der Waals surface area contributed by atoms with E-state index in [0.29, 0.717) is 42.9 Å². The van der Waals surface area contributed by atoms with Crippen LogP contribution in [0.5, 0.6) is 11.5 Å². The number of fused-ring (bicyclic) bond motifs is 1. The highest BCUT2D eigenvalue weighted by Gasteiger charge is 2.51. The van der Waals surface area contributed by atoms with Gasteiger partial charge in [-0.25, -0.2) is 19.2 Å². The number of esters is 4. The quantitative estimate of drug-likeness (QED) is 0.0859. The molecule has 0 spiro atoms. The average Bonchev–Trinajstić information content (AvgIpc) is 3.66. The summed E-state index contributed by atoms with van der Waals surface area (Å²) >= 11 is 0. The van der Waals surface area contributed by atoms with E-state index < -0.39 is 48.3 Å². The summed E-state index contributed by atoms with van der Waals surface area (Å²) in [6, 6.07) is 19.5. The molecular formula is C35H34O11. The van der Waals surface area contributed by atoms with Gasteiger partial charge in [0.15, 0.2) is 12.2 Å². The molecule has 11 nitrogen and oxygen atoms in total. The van der Waals surface area contributed by atoms with Crippen molar-refractivity contribution in [2.75, 3.05) is 26.4 Å². The van der Waals surface area contributed by atoms with Crippen molar-refractivity contribution >= 4 is 23.9 Å². The van der Waals surface area contributed by atoms with E-state index in [4.69, 9.17) is 33.2 Å². The van der Waals surface area contributed by atoms with Crippen LogP contribution in [-0.4, -0.2) is 74.7 Å². The second-order valence-electron chi connectivity index (χ2n) is 10.7. The Morgan fingerprint density at radius 2 is 1.17 bits per heavy atom. The normalized spacial score (nSPS) is 19.8. The first kappa shape index (κ1) is 32.4. The standard InChI is InChI=1S/C35H34O11/c1-3-30(36)41-19-5-4-18-40-26-14-10-24(11-15-26)33(37)44-27-16-12-25(13-17-27)35(39)46-29-21-43-31-28(20-42-32(29)31)45-34(38)23-8-6-22(2)7-9-23/h3,6-17,28-29,31-32H,1,4-5,18-21H2,2H3/t28-,29?,31?,32?/m0/s1. The van der Waals surface area contributed by atoms with E-state index in [2.05, 4.69) is 6.58 Å². The molecule has 3 unspecified atom stereocenters. The summed E-state index contributed by atoms with van der Waals surface area (Å²) in [5.74, 6) is -1.26. The highest BCUT2D eigenvalue weighted by molar-refractivity contribution is 5.92. The van der Waals surface area contributed by atoms with Gasteiger partial charge in [0.2, 0.25) is 0 Å². The maximum absolute atomic E-state index is 12.9. The molecular weight excluding hydrogens is 596 g/mol. The van der Waals surface area contributed by atoms with Crippen molar-refractivity contribution in [3.8, 4) is 11.5 Å². The number of aryl methyl sites for hydroxylation is 1. The first-order valence-electron chi connectivity index (χ1n) is 14.9. The molecule has 2 saturated heterocycles. The summed E-state index contributed by atoms with van der Waals surface area (Å²) in [4.78, 5) is 49.0. The Morgan fingerprint density at radius 3 is 1.72 bits per heavy atom. The minimum Gasteiger partial charge on any atom is -0.494 e. The molecule has 2 heterocycles. The van der Waals surface area contributed by atoms with Crippen molar-refractivity contribution in [2.45, 2.75) is 44.2 Å². The third-order valence-electron chi connectivity index (χ3n) is 7.38. The summed E-state index contributed by atoms with van der Waals surface area (Å²) < 4.78 is 38.8. The van der Waals surface area contributed by atoms with Crippen LogP contribution in [0, 0.1) is 6.92 Å². The van der Waals surface area contributed by atoms with Gasteiger partial charge in [-0.3, -0.25) is 0 Å². The number of carbonyl (C=O) groups excluding carboxylic acids is 4. The number of hydrogen-bond donors (Lipinski definition) is 0. The van der Waals surface area contributed by atoms with E-state index in [0.717, 1.165) is 11.6 Å². The van der Waals surface area contributed by atoms with Crippen LogP contribution in [0.15, 0.2) is 85.5 Å². The molecule has 0 aromatic heterocycles. The summed E-state index contributed by atoms with van der Waals surface area (Å²) in [5, 5.41) is 0. The first-order chi connectivity index (χ1) is 22.3. The van der Waals surface area contributed by atoms with E-state index in [1.165, 1.54) is 24.3 Å². The van der Waals surface area contributed by atoms with Gasteiger partial charge in [-0.1, -0.05) is 24.3 Å². The van der Waals surface area contributed by atoms with E-state index in [1.807, 2.05) is 19.1 Å². The molecule has 2 fully saturated rings. The molecule has 3 aromatic carbocycles. The van der Waals surface area contributed by atoms with Gasteiger partial charge in [0.25, 0.3) is 0 Å². The molecule has 0 bridgehead atoms. The Morgan fingerprint density at radius 1 is 0.696 bits per heavy atom. The van der Waals surface area contributed by atoms with Crippen molar-refractivity contribution in [2.24, 2.45) is 0 Å². The molecule has 0 N–H and O–H groups in total. The maximum Gasteiger partial charge on any atom is 0.343 e. The molecule has 11 heteroatoms. The van der Waals surface area contributed by atoms with Crippen LogP contribution in [-0.2, 0) is 28.5 Å². The molecule has 0 amide bonds. The van der Waals surface area contributed by atoms with Gasteiger partial charge in [-0.2, -0.15) is 0 Å². The molecule has 0 radical (unpaired) electrons. The van der Waals surface area contributed by atoms with Crippen LogP contribution in [0.3, 0.4) is 0 Å². The SMILES string of the molecule is C=CC(=O)OCCCCOc1ccc(C(=O)Oc2ccc(C(=O)OC3COC4C3OC[C@@H]4OC(=O)c3ccc(C)cc3)cc2)cc1. The molecule has 46 heavy (non-hydrogen) atoms. The molecule has 0 aliphatic carbocycles. The smallest absolute Gasteiger partial charge is 0.343 e. The van der Waals surface area contributed by atoms with Gasteiger partial charge in [-0.15, -0.1) is 0 Å². The van der Waals surface area contributed by atoms with Gasteiger partial charge in [0.05, 0.1) is 43.1 Å². The van der Waals surface area contributed by atoms with E-state index >= 15 is 0 Å². The second-order valence-corrected chi connectivity index (χ2v) is 10.7. The predicted octanol–water partition coefficient (Wildman–Crippen LogP) is 4.65. The Labute approximate surface area is 265 Å². The van der Waals surface area contributed by atoms with Gasteiger partial charge in [0, 0.05) is 6.08 Å². The summed E-state index contributed by atoms with van der Waals surface area (Å²) in [7, 11) is 0. The van der Waals surface area contributed by atoms with E-state index in [9.17, 15) is 19.2 Å². The third kappa shape index (κ3) is 8.38. The monoisotopic (exact) mass is 630 g/mol. The van der Waals surface area contributed by atoms with Crippen LogP contribution < -0.4 is 9.47 Å². The number of benzene rings is 3. The van der Waals surface area contributed by atoms with Crippen LogP contribution in [0.25, 0.3) is 0 Å². The molecule has 3 aromatic rings. The van der Waals surface area contributed by atoms with Crippen molar-refractivity contribution in [3.63, 3.8) is 0 Å². The highest BCUT2D eigenvalue weighted by Crippen LogP contribution is 2.31. The Balaban J connectivity index is 1.05. The van der Waals surface area contributed by atoms with Crippen molar-refractivity contribution in [1.82, 2.24) is 0 Å². The zero-order chi connectivity index (χ0) is 32.5. The van der Waals surface area contributed by atoms with Gasteiger partial charge in [0.1, 0.15) is 23.7 Å². The topological polar surface area (TPSA) is 133 Å². The lowest BCUT2D eigenvalue weighted by molar-refractivity contribution is -0.137. The van der Waals surface area contributed by atoms with Crippen LogP contribution >= 0.6 is 0 Å². The van der Waals surface area contributed by atoms with E-state index in [-0.39, 0.29) is 24.5 Å². The number of unbranched alkanes of at least 4 members (excludes halogenated alkanes) is 1. The minimum atomic E-state index is -0.674. The van der Waals surface area contributed by atoms with Gasteiger partial charge >= 0.3 is 23.9 Å². The minimum absolute atomic E-state index is 0.104. The Bertz CT molecular complexity index is 1530. The molecule has 2 aliphatic heterocycles. The van der Waals surface area contributed by atoms with Crippen molar-refractivity contribution in [3.05, 3.63) is 108 Å². The lowest BCUT2D eigenvalue weighted by Gasteiger charge is -2.17. The summed E-state index contributed by atoms with van der Waals surface area (Å²) in [6.07, 6.45) is 0.0567. The van der Waals surface area contributed by atoms with Crippen LogP contribution in [0.1, 0.15) is 49.5 Å². The lowest BCUT2D eigenvalue weighted by atomic mass is 10.1. The molecule has 0 saturated carbocycles. The summed E-state index contributed by atoms with van der Waals surface area (Å²) in [6.45, 7) is 6.23. The second kappa shape index (κ2) is 15.3. The fourth-order valence-corrected chi connectivity index (χ4v) is 4.87. The fourth-order valence-electron chi connectivity index (χ4n) is 4.87. The Hall–Kier alpha value is -5.00. The first-order valence-corrected chi connectivity index (χ1v) is 14.9. The maximum atomic E-state index is 12.9. The number of ether oxygens (including phenoxy) is 7. The van der Waals surface area contributed by atoms with Crippen molar-refractivity contribution in [1.29, 1.82) is 0 Å². The zero-order valence-corrected chi connectivity index (χ0v) is 25.3. The summed E-state index contributed by atoms with van der Waals surface area (Å²) in [5.41, 5.74) is 2.04. The van der Waals surface area contributed by atoms with Gasteiger partial charge < -0.3 is 33.2 Å². The van der Waals surface area contributed by atoms with E-state index in [1.54, 1.807) is 36.4 Å². The largest absolute Gasteiger partial charge is 0.494 e. The molecule has 240 valence electrons. The number of rotatable bonds is 13. The number of carbonyl (C=O) groups is 4. The molecule has 5 rings (SSSR count). The number of hydrogen-bond acceptors (Lipinski definition) is 11. The predicted molar refractivity (Wildman–Crippen MR) is 163 cm³/mol.